The van der Waals surface area contributed by atoms with E-state index in [0.29, 0.717) is 17.8 Å². The summed E-state index contributed by atoms with van der Waals surface area (Å²) in [6, 6.07) is 18.4. The molecule has 0 bridgehead atoms. The van der Waals surface area contributed by atoms with E-state index in [2.05, 4.69) is 52.0 Å². The van der Waals surface area contributed by atoms with Crippen LogP contribution in [0.15, 0.2) is 54.6 Å². The van der Waals surface area contributed by atoms with Gasteiger partial charge < -0.3 is 5.11 Å². The largest absolute Gasteiger partial charge is 0.381 e. The van der Waals surface area contributed by atoms with Crippen molar-refractivity contribution in [2.45, 2.75) is 52.6 Å². The molecule has 124 valence electrons. The number of benzene rings is 2. The third kappa shape index (κ3) is 4.23. The molecule has 2 aromatic rings. The highest BCUT2D eigenvalue weighted by Crippen LogP contribution is 2.34. The first kappa shape index (κ1) is 17.7. The molecule has 0 radical (unpaired) electrons. The molecule has 2 atom stereocenters. The third-order valence-corrected chi connectivity index (χ3v) is 4.77. The molecule has 23 heavy (non-hydrogen) atoms. The maximum atomic E-state index is 10.9. The Labute approximate surface area is 141 Å². The lowest BCUT2D eigenvalue weighted by molar-refractivity contribution is 0.102. The second-order valence-corrected chi connectivity index (χ2v) is 7.54. The van der Waals surface area contributed by atoms with Crippen LogP contribution in [0.4, 0.5) is 0 Å². The van der Waals surface area contributed by atoms with Crippen LogP contribution in [0.2, 0.25) is 0 Å². The standard InChI is InChI=1S/C22H30O/c1-16(2)15-21(17(3)4)18-11-13-20(14-12-18)22(5,23)19-9-7-6-8-10-19/h6-14,16-17,21,23H,15H2,1-5H3. The Morgan fingerprint density at radius 2 is 1.35 bits per heavy atom. The van der Waals surface area contributed by atoms with Crippen molar-refractivity contribution in [3.8, 4) is 0 Å². The van der Waals surface area contributed by atoms with Gasteiger partial charge in [0.15, 0.2) is 0 Å². The molecule has 0 fully saturated rings. The summed E-state index contributed by atoms with van der Waals surface area (Å²) in [5.41, 5.74) is 2.29. The van der Waals surface area contributed by atoms with Crippen molar-refractivity contribution in [2.24, 2.45) is 11.8 Å². The highest BCUT2D eigenvalue weighted by Gasteiger charge is 2.26. The molecule has 1 heteroatoms. The van der Waals surface area contributed by atoms with E-state index in [1.165, 1.54) is 12.0 Å². The Morgan fingerprint density at radius 1 is 0.826 bits per heavy atom. The van der Waals surface area contributed by atoms with E-state index in [-0.39, 0.29) is 0 Å². The Kier molecular flexibility index (Phi) is 5.64. The molecule has 0 heterocycles. The van der Waals surface area contributed by atoms with E-state index < -0.39 is 5.60 Å². The predicted molar refractivity (Wildman–Crippen MR) is 98.6 cm³/mol. The fraction of sp³-hybridized carbons (Fsp3) is 0.455. The van der Waals surface area contributed by atoms with Crippen LogP contribution >= 0.6 is 0 Å². The molecule has 0 aliphatic heterocycles. The normalized spacial score (nSPS) is 15.7. The molecule has 0 spiro atoms. The summed E-state index contributed by atoms with van der Waals surface area (Å²) in [5, 5.41) is 10.9. The molecule has 2 aromatic carbocycles. The first-order valence-electron chi connectivity index (χ1n) is 8.70. The predicted octanol–water partition coefficient (Wildman–Crippen LogP) is 5.73. The number of hydrogen-bond donors (Lipinski definition) is 1. The van der Waals surface area contributed by atoms with Crippen LogP contribution in [-0.4, -0.2) is 5.11 Å². The molecular weight excluding hydrogens is 280 g/mol. The summed E-state index contributed by atoms with van der Waals surface area (Å²) in [5.74, 6) is 1.89. The summed E-state index contributed by atoms with van der Waals surface area (Å²) in [7, 11) is 0. The van der Waals surface area contributed by atoms with Crippen molar-refractivity contribution in [3.63, 3.8) is 0 Å². The Morgan fingerprint density at radius 3 is 1.83 bits per heavy atom. The minimum absolute atomic E-state index is 0.575. The summed E-state index contributed by atoms with van der Waals surface area (Å²) in [6.07, 6.45) is 1.20. The van der Waals surface area contributed by atoms with Gasteiger partial charge in [-0.15, -0.1) is 0 Å². The number of rotatable bonds is 6. The molecule has 1 N–H and O–H groups in total. The molecule has 0 aliphatic carbocycles. The zero-order valence-corrected chi connectivity index (χ0v) is 15.1. The van der Waals surface area contributed by atoms with Gasteiger partial charge in [0, 0.05) is 0 Å². The van der Waals surface area contributed by atoms with E-state index in [9.17, 15) is 5.11 Å². The first-order chi connectivity index (χ1) is 10.8. The van der Waals surface area contributed by atoms with Gasteiger partial charge in [0.05, 0.1) is 0 Å². The highest BCUT2D eigenvalue weighted by atomic mass is 16.3. The zero-order valence-electron chi connectivity index (χ0n) is 15.1. The van der Waals surface area contributed by atoms with Crippen LogP contribution in [-0.2, 0) is 5.60 Å². The van der Waals surface area contributed by atoms with Crippen LogP contribution in [0.25, 0.3) is 0 Å². The zero-order chi connectivity index (χ0) is 17.0. The maximum Gasteiger partial charge on any atom is 0.112 e. The molecule has 0 saturated carbocycles. The summed E-state index contributed by atoms with van der Waals surface area (Å²) in [6.45, 7) is 11.0. The Balaban J connectivity index is 2.28. The second kappa shape index (κ2) is 7.31. The number of hydrogen-bond acceptors (Lipinski definition) is 1. The molecule has 1 nitrogen and oxygen atoms in total. The number of aliphatic hydroxyl groups is 1. The van der Waals surface area contributed by atoms with E-state index in [0.717, 1.165) is 11.1 Å². The lowest BCUT2D eigenvalue weighted by Crippen LogP contribution is -2.22. The third-order valence-electron chi connectivity index (χ3n) is 4.77. The van der Waals surface area contributed by atoms with Crippen molar-refractivity contribution in [1.82, 2.24) is 0 Å². The Hall–Kier alpha value is -1.60. The van der Waals surface area contributed by atoms with Crippen LogP contribution < -0.4 is 0 Å². The van der Waals surface area contributed by atoms with Crippen LogP contribution in [0.1, 0.15) is 63.6 Å². The van der Waals surface area contributed by atoms with Gasteiger partial charge in [-0.05, 0) is 47.8 Å². The topological polar surface area (TPSA) is 20.2 Å². The van der Waals surface area contributed by atoms with Gasteiger partial charge in [-0.1, -0.05) is 82.3 Å². The second-order valence-electron chi connectivity index (χ2n) is 7.54. The molecule has 0 aliphatic rings. The van der Waals surface area contributed by atoms with Crippen molar-refractivity contribution in [2.75, 3.05) is 0 Å². The van der Waals surface area contributed by atoms with Crippen molar-refractivity contribution < 1.29 is 5.11 Å². The molecule has 0 amide bonds. The summed E-state index contributed by atoms with van der Waals surface area (Å²) >= 11 is 0. The Bertz CT molecular complexity index is 594. The smallest absolute Gasteiger partial charge is 0.112 e. The van der Waals surface area contributed by atoms with Gasteiger partial charge in [0.1, 0.15) is 5.60 Å². The average Bonchev–Trinajstić information content (AvgIpc) is 2.53. The summed E-state index contributed by atoms with van der Waals surface area (Å²) in [4.78, 5) is 0. The molecule has 0 aromatic heterocycles. The van der Waals surface area contributed by atoms with Gasteiger partial charge in [0.2, 0.25) is 0 Å². The van der Waals surface area contributed by atoms with E-state index in [4.69, 9.17) is 0 Å². The lowest BCUT2D eigenvalue weighted by Gasteiger charge is -2.27. The van der Waals surface area contributed by atoms with Gasteiger partial charge in [-0.3, -0.25) is 0 Å². The van der Waals surface area contributed by atoms with Gasteiger partial charge >= 0.3 is 0 Å². The van der Waals surface area contributed by atoms with E-state index >= 15 is 0 Å². The monoisotopic (exact) mass is 310 g/mol. The maximum absolute atomic E-state index is 10.9. The van der Waals surface area contributed by atoms with Gasteiger partial charge in [0.25, 0.3) is 0 Å². The van der Waals surface area contributed by atoms with Gasteiger partial charge in [-0.2, -0.15) is 0 Å². The quantitative estimate of drug-likeness (QED) is 0.722. The SMILES string of the molecule is CC(C)CC(c1ccc(C(C)(O)c2ccccc2)cc1)C(C)C. The van der Waals surface area contributed by atoms with Crippen molar-refractivity contribution in [1.29, 1.82) is 0 Å². The molecular formula is C22H30O. The van der Waals surface area contributed by atoms with E-state index in [1.807, 2.05) is 37.3 Å². The van der Waals surface area contributed by atoms with Crippen LogP contribution in [0.3, 0.4) is 0 Å². The molecule has 2 unspecified atom stereocenters. The van der Waals surface area contributed by atoms with Crippen molar-refractivity contribution in [3.05, 3.63) is 71.3 Å². The first-order valence-corrected chi connectivity index (χ1v) is 8.70. The fourth-order valence-electron chi connectivity index (χ4n) is 3.29. The lowest BCUT2D eigenvalue weighted by atomic mass is 9.80. The minimum Gasteiger partial charge on any atom is -0.381 e. The van der Waals surface area contributed by atoms with Crippen LogP contribution in [0.5, 0.6) is 0 Å². The van der Waals surface area contributed by atoms with Crippen molar-refractivity contribution >= 4 is 0 Å². The average molecular weight is 310 g/mol. The summed E-state index contributed by atoms with van der Waals surface area (Å²) < 4.78 is 0. The molecule has 2 rings (SSSR count). The van der Waals surface area contributed by atoms with E-state index in [1.54, 1.807) is 0 Å². The van der Waals surface area contributed by atoms with Crippen LogP contribution in [0, 0.1) is 11.8 Å². The highest BCUT2D eigenvalue weighted by molar-refractivity contribution is 5.37. The van der Waals surface area contributed by atoms with Gasteiger partial charge in [-0.25, -0.2) is 0 Å². The fourth-order valence-corrected chi connectivity index (χ4v) is 3.29. The minimum atomic E-state index is -0.953. The molecule has 0 saturated heterocycles.